The van der Waals surface area contributed by atoms with Gasteiger partial charge in [-0.05, 0) is 30.2 Å². The van der Waals surface area contributed by atoms with Gasteiger partial charge in [-0.15, -0.1) is 0 Å². The highest BCUT2D eigenvalue weighted by Gasteiger charge is 2.31. The normalized spacial score (nSPS) is 17.3. The van der Waals surface area contributed by atoms with Crippen LogP contribution in [-0.2, 0) is 26.6 Å². The summed E-state index contributed by atoms with van der Waals surface area (Å²) in [5.74, 6) is 1.13. The summed E-state index contributed by atoms with van der Waals surface area (Å²) in [4.78, 5) is 4.15. The van der Waals surface area contributed by atoms with E-state index < -0.39 is 20.0 Å². The Bertz CT molecular complexity index is 1270. The predicted molar refractivity (Wildman–Crippen MR) is 142 cm³/mol. The molecule has 36 heavy (non-hydrogen) atoms. The lowest BCUT2D eigenvalue weighted by molar-refractivity contribution is 0.171. The van der Waals surface area contributed by atoms with Crippen molar-refractivity contribution >= 4 is 48.3 Å². The van der Waals surface area contributed by atoms with Crippen LogP contribution in [0.2, 0.25) is 0 Å². The molecule has 0 amide bonds. The van der Waals surface area contributed by atoms with E-state index >= 15 is 0 Å². The number of nitrogens with zero attached hydrogens (tertiary/aromatic N) is 3. The first-order valence-corrected chi connectivity index (χ1v) is 15.9. The summed E-state index contributed by atoms with van der Waals surface area (Å²) in [6, 6.07) is 8.30. The Morgan fingerprint density at radius 2 is 1.78 bits per heavy atom. The first-order valence-electron chi connectivity index (χ1n) is 11.4. The van der Waals surface area contributed by atoms with Gasteiger partial charge in [0.25, 0.3) is 0 Å². The molecule has 196 valence electrons. The zero-order chi connectivity index (χ0) is 25.6. The number of sulfonamides is 2. The highest BCUT2D eigenvalue weighted by atomic mass is 32.2. The van der Waals surface area contributed by atoms with E-state index in [1.165, 1.54) is 32.5 Å². The highest BCUT2D eigenvalue weighted by molar-refractivity contribution is 8.23. The standard InChI is InChI=1S/C22H28N4O6S4/c27-35(28,14-13-34-22(33)24-17-18-3-1-6-23-16-18)25-7-2-8-26(10-9-25)36(29,30)19-4-5-20-21(15-19)32-12-11-31-20/h1,3-6,15-16H,2,7-14,17H2,(H,24,33). The summed E-state index contributed by atoms with van der Waals surface area (Å²) in [6.07, 6.45) is 3.83. The molecule has 0 saturated carbocycles. The molecule has 2 aliphatic rings. The second-order valence-corrected chi connectivity index (χ2v) is 13.9. The number of benzene rings is 1. The molecule has 1 N–H and O–H groups in total. The van der Waals surface area contributed by atoms with Crippen molar-refractivity contribution in [3.63, 3.8) is 0 Å². The summed E-state index contributed by atoms with van der Waals surface area (Å²) in [6.45, 7) is 1.98. The van der Waals surface area contributed by atoms with Crippen molar-refractivity contribution < 1.29 is 26.3 Å². The fourth-order valence-corrected chi connectivity index (χ4v) is 8.19. The number of thiocarbonyl (C=S) groups is 1. The second-order valence-electron chi connectivity index (χ2n) is 8.13. The first-order chi connectivity index (χ1) is 17.3. The molecule has 0 radical (unpaired) electrons. The molecule has 1 fully saturated rings. The van der Waals surface area contributed by atoms with Gasteiger partial charge in [0.15, 0.2) is 11.5 Å². The number of ether oxygens (including phenoxy) is 2. The first kappa shape index (κ1) is 27.1. The van der Waals surface area contributed by atoms with Crippen LogP contribution in [0.3, 0.4) is 0 Å². The van der Waals surface area contributed by atoms with E-state index in [4.69, 9.17) is 21.7 Å². The van der Waals surface area contributed by atoms with Crippen LogP contribution in [0.5, 0.6) is 11.5 Å². The molecule has 1 aromatic heterocycles. The molecule has 0 aliphatic carbocycles. The molecule has 2 aliphatic heterocycles. The van der Waals surface area contributed by atoms with Gasteiger partial charge in [-0.25, -0.2) is 21.1 Å². The molecule has 2 aromatic rings. The van der Waals surface area contributed by atoms with Crippen molar-refractivity contribution in [3.8, 4) is 11.5 Å². The molecule has 4 rings (SSSR count). The van der Waals surface area contributed by atoms with Crippen molar-refractivity contribution in [1.29, 1.82) is 0 Å². The molecule has 0 bridgehead atoms. The number of nitrogens with one attached hydrogen (secondary N) is 1. The fourth-order valence-electron chi connectivity index (χ4n) is 3.82. The Morgan fingerprint density at radius 3 is 2.56 bits per heavy atom. The van der Waals surface area contributed by atoms with Crippen LogP contribution in [0.1, 0.15) is 12.0 Å². The number of thioether (sulfide) groups is 1. The minimum absolute atomic E-state index is 0.0776. The molecule has 14 heteroatoms. The van der Waals surface area contributed by atoms with Gasteiger partial charge in [0.2, 0.25) is 20.0 Å². The number of rotatable bonds is 8. The summed E-state index contributed by atoms with van der Waals surface area (Å²) >= 11 is 6.56. The van der Waals surface area contributed by atoms with E-state index in [2.05, 4.69) is 10.3 Å². The van der Waals surface area contributed by atoms with Crippen LogP contribution in [0.15, 0.2) is 47.6 Å². The smallest absolute Gasteiger partial charge is 0.243 e. The minimum atomic E-state index is -3.80. The Balaban J connectivity index is 1.28. The third-order valence-electron chi connectivity index (χ3n) is 5.69. The molecule has 1 saturated heterocycles. The van der Waals surface area contributed by atoms with E-state index in [0.717, 1.165) is 5.56 Å². The van der Waals surface area contributed by atoms with Crippen molar-refractivity contribution in [2.24, 2.45) is 0 Å². The Labute approximate surface area is 221 Å². The maximum absolute atomic E-state index is 13.2. The monoisotopic (exact) mass is 572 g/mol. The molecule has 3 heterocycles. The third-order valence-corrected chi connectivity index (χ3v) is 11.0. The van der Waals surface area contributed by atoms with E-state index in [0.29, 0.717) is 47.8 Å². The second kappa shape index (κ2) is 12.0. The summed E-state index contributed by atoms with van der Waals surface area (Å²) in [5, 5.41) is 3.09. The molecular formula is C22H28N4O6S4. The summed E-state index contributed by atoms with van der Waals surface area (Å²) < 4.78 is 66.5. The van der Waals surface area contributed by atoms with Crippen LogP contribution in [0.25, 0.3) is 0 Å². The van der Waals surface area contributed by atoms with Gasteiger partial charge in [-0.1, -0.05) is 30.0 Å². The Morgan fingerprint density at radius 1 is 1.03 bits per heavy atom. The van der Waals surface area contributed by atoms with E-state index in [1.807, 2.05) is 12.1 Å². The highest BCUT2D eigenvalue weighted by Crippen LogP contribution is 2.33. The number of aromatic nitrogens is 1. The quantitative estimate of drug-likeness (QED) is 0.468. The van der Waals surface area contributed by atoms with Crippen molar-refractivity contribution in [2.45, 2.75) is 17.9 Å². The van der Waals surface area contributed by atoms with Crippen molar-refractivity contribution in [2.75, 3.05) is 50.9 Å². The molecule has 0 spiro atoms. The van der Waals surface area contributed by atoms with Gasteiger partial charge in [-0.3, -0.25) is 4.98 Å². The van der Waals surface area contributed by atoms with Crippen LogP contribution in [0.4, 0.5) is 0 Å². The average Bonchev–Trinajstić information content (AvgIpc) is 3.15. The van der Waals surface area contributed by atoms with Gasteiger partial charge >= 0.3 is 0 Å². The molecule has 0 unspecified atom stereocenters. The maximum Gasteiger partial charge on any atom is 0.243 e. The van der Waals surface area contributed by atoms with Crippen LogP contribution in [-0.4, -0.2) is 85.6 Å². The summed E-state index contributed by atoms with van der Waals surface area (Å²) in [7, 11) is -7.36. The number of hydrogen-bond acceptors (Lipinski definition) is 9. The fraction of sp³-hybridized carbons (Fsp3) is 0.455. The lowest BCUT2D eigenvalue weighted by Crippen LogP contribution is -2.38. The third kappa shape index (κ3) is 6.86. The van der Waals surface area contributed by atoms with Gasteiger partial charge in [0.1, 0.15) is 17.5 Å². The number of fused-ring (bicyclic) bond motifs is 1. The van der Waals surface area contributed by atoms with Gasteiger partial charge in [0.05, 0.1) is 10.6 Å². The van der Waals surface area contributed by atoms with E-state index in [9.17, 15) is 16.8 Å². The largest absolute Gasteiger partial charge is 0.486 e. The van der Waals surface area contributed by atoms with Crippen LogP contribution < -0.4 is 14.8 Å². The number of pyridine rings is 1. The lowest BCUT2D eigenvalue weighted by Gasteiger charge is -2.23. The molecule has 0 atom stereocenters. The van der Waals surface area contributed by atoms with Gasteiger partial charge in [0, 0.05) is 56.9 Å². The molecule has 1 aromatic carbocycles. The minimum Gasteiger partial charge on any atom is -0.486 e. The Hall–Kier alpha value is -1.97. The number of hydrogen-bond donors (Lipinski definition) is 1. The molecular weight excluding hydrogens is 545 g/mol. The van der Waals surface area contributed by atoms with Crippen LogP contribution >= 0.6 is 24.0 Å². The Kier molecular flexibility index (Phi) is 9.06. The van der Waals surface area contributed by atoms with Crippen molar-refractivity contribution in [3.05, 3.63) is 48.3 Å². The SMILES string of the molecule is O=S(=O)(CCSC(=S)NCc1cccnc1)N1CCCN(S(=O)(=O)c2ccc3c(c2)OCCO3)CC1. The summed E-state index contributed by atoms with van der Waals surface area (Å²) in [5.41, 5.74) is 0.980. The molecule has 10 nitrogen and oxygen atoms in total. The predicted octanol–water partition coefficient (Wildman–Crippen LogP) is 1.69. The lowest BCUT2D eigenvalue weighted by atomic mass is 10.3. The van der Waals surface area contributed by atoms with Gasteiger partial charge < -0.3 is 14.8 Å². The van der Waals surface area contributed by atoms with Gasteiger partial charge in [-0.2, -0.15) is 4.31 Å². The maximum atomic E-state index is 13.2. The van der Waals surface area contributed by atoms with E-state index in [-0.39, 0.29) is 36.8 Å². The van der Waals surface area contributed by atoms with Crippen LogP contribution in [0, 0.1) is 0 Å². The average molecular weight is 573 g/mol. The van der Waals surface area contributed by atoms with Crippen molar-refractivity contribution in [1.82, 2.24) is 18.9 Å². The zero-order valence-corrected chi connectivity index (χ0v) is 22.8. The topological polar surface area (TPSA) is 118 Å². The zero-order valence-electron chi connectivity index (χ0n) is 19.5. The van der Waals surface area contributed by atoms with E-state index in [1.54, 1.807) is 18.5 Å².